The third-order valence-corrected chi connectivity index (χ3v) is 2.29. The normalized spacial score (nSPS) is 12.6. The zero-order valence-electron chi connectivity index (χ0n) is 6.68. The summed E-state index contributed by atoms with van der Waals surface area (Å²) in [7, 11) is 0. The molecule has 0 saturated carbocycles. The maximum absolute atomic E-state index is 5.72. The molecule has 0 atom stereocenters. The fourth-order valence-corrected chi connectivity index (χ4v) is 1.35. The van der Waals surface area contributed by atoms with Gasteiger partial charge in [0.25, 0.3) is 0 Å². The molecule has 0 rings (SSSR count). The predicted octanol–water partition coefficient (Wildman–Crippen LogP) is 2.85. The molecule has 0 bridgehead atoms. The van der Waals surface area contributed by atoms with E-state index in [0.717, 1.165) is 18.5 Å². The molecule has 0 aliphatic heterocycles. The molecular weight excluding hydrogens is 142 g/mol. The summed E-state index contributed by atoms with van der Waals surface area (Å²) in [6, 6.07) is 0. The highest BCUT2D eigenvalue weighted by Gasteiger charge is 1.96. The van der Waals surface area contributed by atoms with Crippen molar-refractivity contribution in [3.8, 4) is 0 Å². The van der Waals surface area contributed by atoms with Crippen LogP contribution in [0, 0.1) is 0 Å². The number of allylic oxidation sites excluding steroid dienone is 2. The maximum atomic E-state index is 5.72. The van der Waals surface area contributed by atoms with Gasteiger partial charge in [-0.1, -0.05) is 20.4 Å². The Hall–Kier alpha value is -0.370. The Morgan fingerprint density at radius 1 is 1.50 bits per heavy atom. The van der Waals surface area contributed by atoms with Gasteiger partial charge in [0.15, 0.2) is 0 Å². The quantitative estimate of drug-likeness (QED) is 0.679. The van der Waals surface area contributed by atoms with Crippen LogP contribution in [-0.2, 0) is 0 Å². The van der Waals surface area contributed by atoms with E-state index in [-0.39, 0.29) is 0 Å². The van der Waals surface area contributed by atoms with Crippen LogP contribution < -0.4 is 5.73 Å². The van der Waals surface area contributed by atoms with Gasteiger partial charge in [0.2, 0.25) is 0 Å². The minimum atomic E-state index is 0.935. The summed E-state index contributed by atoms with van der Waals surface area (Å²) in [6.45, 7) is 7.81. The maximum Gasteiger partial charge on any atom is 0.0177 e. The van der Waals surface area contributed by atoms with Crippen LogP contribution in [0.3, 0.4) is 0 Å². The van der Waals surface area contributed by atoms with Crippen molar-refractivity contribution in [3.63, 3.8) is 0 Å². The standard InChI is InChI=1S/C8H15NS/c1-4-7(9)8(5-2)10-6-3/h6H,3-5,9H2,1-2H3/b8-7-. The molecule has 0 aliphatic carbocycles. The summed E-state index contributed by atoms with van der Waals surface area (Å²) in [4.78, 5) is 1.25. The van der Waals surface area contributed by atoms with Gasteiger partial charge in [-0.3, -0.25) is 0 Å². The van der Waals surface area contributed by atoms with Crippen molar-refractivity contribution in [3.05, 3.63) is 22.6 Å². The average molecular weight is 157 g/mol. The SMILES string of the molecule is C=CS/C(CC)=C(\N)CC. The molecule has 0 unspecified atom stereocenters. The lowest BCUT2D eigenvalue weighted by Crippen LogP contribution is -1.97. The predicted molar refractivity (Wildman–Crippen MR) is 49.6 cm³/mol. The summed E-state index contributed by atoms with van der Waals surface area (Å²) in [5, 5.41) is 1.82. The van der Waals surface area contributed by atoms with Crippen molar-refractivity contribution in [2.45, 2.75) is 26.7 Å². The Balaban J connectivity index is 4.13. The van der Waals surface area contributed by atoms with Gasteiger partial charge in [-0.25, -0.2) is 0 Å². The summed E-state index contributed by atoms with van der Waals surface area (Å²) in [5.74, 6) is 0. The summed E-state index contributed by atoms with van der Waals surface area (Å²) in [5.41, 5.74) is 6.72. The van der Waals surface area contributed by atoms with Crippen molar-refractivity contribution >= 4 is 11.8 Å². The number of thioether (sulfide) groups is 1. The van der Waals surface area contributed by atoms with Gasteiger partial charge < -0.3 is 5.73 Å². The Morgan fingerprint density at radius 2 is 2.10 bits per heavy atom. The molecule has 1 nitrogen and oxygen atoms in total. The lowest BCUT2D eigenvalue weighted by atomic mass is 10.3. The van der Waals surface area contributed by atoms with Crippen molar-refractivity contribution in [1.29, 1.82) is 0 Å². The Morgan fingerprint density at radius 3 is 2.40 bits per heavy atom. The molecule has 0 spiro atoms. The van der Waals surface area contributed by atoms with E-state index in [2.05, 4.69) is 20.4 Å². The van der Waals surface area contributed by atoms with E-state index in [1.165, 1.54) is 4.91 Å². The summed E-state index contributed by atoms with van der Waals surface area (Å²) in [6.07, 6.45) is 1.94. The van der Waals surface area contributed by atoms with Crippen LogP contribution in [0.1, 0.15) is 26.7 Å². The zero-order valence-corrected chi connectivity index (χ0v) is 7.50. The first-order valence-corrected chi connectivity index (χ1v) is 4.39. The molecule has 10 heavy (non-hydrogen) atoms. The smallest absolute Gasteiger partial charge is 0.0177 e. The second-order valence-corrected chi connectivity index (χ2v) is 3.00. The van der Waals surface area contributed by atoms with Crippen molar-refractivity contribution in [1.82, 2.24) is 0 Å². The van der Waals surface area contributed by atoms with E-state index >= 15 is 0 Å². The van der Waals surface area contributed by atoms with Crippen LogP contribution in [0.5, 0.6) is 0 Å². The highest BCUT2D eigenvalue weighted by molar-refractivity contribution is 8.05. The third-order valence-electron chi connectivity index (χ3n) is 1.29. The number of hydrogen-bond acceptors (Lipinski definition) is 2. The van der Waals surface area contributed by atoms with Gasteiger partial charge in [-0.15, -0.1) is 11.8 Å². The van der Waals surface area contributed by atoms with Crippen LogP contribution >= 0.6 is 11.8 Å². The molecule has 0 aliphatic rings. The van der Waals surface area contributed by atoms with E-state index < -0.39 is 0 Å². The molecule has 58 valence electrons. The highest BCUT2D eigenvalue weighted by Crippen LogP contribution is 2.22. The Bertz CT molecular complexity index is 138. The first-order chi connectivity index (χ1) is 4.76. The first kappa shape index (κ1) is 9.63. The van der Waals surface area contributed by atoms with E-state index in [1.54, 1.807) is 11.8 Å². The molecule has 0 aromatic heterocycles. The second-order valence-electron chi connectivity index (χ2n) is 1.94. The molecule has 0 radical (unpaired) electrons. The third kappa shape index (κ3) is 2.97. The Kier molecular flexibility index (Phi) is 5.22. The number of nitrogens with two attached hydrogens (primary N) is 1. The zero-order chi connectivity index (χ0) is 7.98. The molecule has 0 fully saturated rings. The average Bonchev–Trinajstić information content (AvgIpc) is 1.99. The van der Waals surface area contributed by atoms with Crippen LogP contribution in [0.25, 0.3) is 0 Å². The van der Waals surface area contributed by atoms with Crippen LogP contribution in [0.2, 0.25) is 0 Å². The van der Waals surface area contributed by atoms with Gasteiger partial charge in [-0.05, 0) is 18.2 Å². The molecule has 0 aromatic carbocycles. The van der Waals surface area contributed by atoms with Crippen LogP contribution in [0.15, 0.2) is 22.6 Å². The monoisotopic (exact) mass is 157 g/mol. The number of hydrogen-bond donors (Lipinski definition) is 1. The molecule has 0 heterocycles. The lowest BCUT2D eigenvalue weighted by Gasteiger charge is -2.03. The van der Waals surface area contributed by atoms with Crippen molar-refractivity contribution in [2.75, 3.05) is 0 Å². The summed E-state index contributed by atoms with van der Waals surface area (Å²) >= 11 is 1.63. The van der Waals surface area contributed by atoms with Crippen molar-refractivity contribution in [2.24, 2.45) is 5.73 Å². The van der Waals surface area contributed by atoms with Gasteiger partial charge in [0.05, 0.1) is 0 Å². The highest BCUT2D eigenvalue weighted by atomic mass is 32.2. The molecule has 2 N–H and O–H groups in total. The first-order valence-electron chi connectivity index (χ1n) is 3.51. The van der Waals surface area contributed by atoms with Gasteiger partial charge in [-0.2, -0.15) is 0 Å². The molecule has 0 aromatic rings. The molecule has 0 amide bonds. The molecule has 2 heteroatoms. The topological polar surface area (TPSA) is 26.0 Å². The Labute approximate surface area is 67.4 Å². The van der Waals surface area contributed by atoms with Crippen LogP contribution in [0.4, 0.5) is 0 Å². The van der Waals surface area contributed by atoms with E-state index in [9.17, 15) is 0 Å². The molecular formula is C8H15NS. The molecule has 0 saturated heterocycles. The lowest BCUT2D eigenvalue weighted by molar-refractivity contribution is 1.02. The minimum absolute atomic E-state index is 0.935. The minimum Gasteiger partial charge on any atom is -0.401 e. The second kappa shape index (κ2) is 5.42. The van der Waals surface area contributed by atoms with Gasteiger partial charge in [0.1, 0.15) is 0 Å². The largest absolute Gasteiger partial charge is 0.401 e. The van der Waals surface area contributed by atoms with Crippen LogP contribution in [-0.4, -0.2) is 0 Å². The fourth-order valence-electron chi connectivity index (χ4n) is 0.684. The van der Waals surface area contributed by atoms with Gasteiger partial charge in [0, 0.05) is 10.6 Å². The van der Waals surface area contributed by atoms with Gasteiger partial charge >= 0.3 is 0 Å². The van der Waals surface area contributed by atoms with E-state index in [0.29, 0.717) is 0 Å². The van der Waals surface area contributed by atoms with E-state index in [4.69, 9.17) is 5.73 Å². The van der Waals surface area contributed by atoms with Crippen molar-refractivity contribution < 1.29 is 0 Å². The fraction of sp³-hybridized carbons (Fsp3) is 0.500. The number of rotatable bonds is 4. The summed E-state index contributed by atoms with van der Waals surface area (Å²) < 4.78 is 0. The van der Waals surface area contributed by atoms with E-state index in [1.807, 2.05) is 5.41 Å².